The number of carbonyl (C=O) groups excluding carboxylic acids is 1. The molecule has 1 fully saturated rings. The van der Waals surface area contributed by atoms with Gasteiger partial charge in [0.25, 0.3) is 18.8 Å². The molecule has 2 aliphatic rings. The Morgan fingerprint density at radius 2 is 1.71 bits per heavy atom. The maximum absolute atomic E-state index is 14.3. The molecule has 6 rings (SSSR count). The number of benzene rings is 1. The summed E-state index contributed by atoms with van der Waals surface area (Å²) in [5, 5.41) is 3.12. The molecule has 3 aromatic heterocycles. The van der Waals surface area contributed by atoms with Crippen LogP contribution in [0, 0.1) is 0 Å². The molecule has 2 atom stereocenters. The van der Waals surface area contributed by atoms with Crippen molar-refractivity contribution in [1.82, 2.24) is 20.3 Å². The van der Waals surface area contributed by atoms with Crippen molar-refractivity contribution in [1.29, 1.82) is 0 Å². The minimum absolute atomic E-state index is 0.0972. The molecular weight excluding hydrogens is 626 g/mol. The number of nitrogens with zero attached hydrogens (tertiary/aromatic N) is 3. The minimum Gasteiger partial charge on any atom is -0.373 e. The van der Waals surface area contributed by atoms with Crippen molar-refractivity contribution in [2.24, 2.45) is 0 Å². The smallest absolute Gasteiger partial charge is 0.273 e. The highest BCUT2D eigenvalue weighted by atomic mass is 32.2. The van der Waals surface area contributed by atoms with Crippen molar-refractivity contribution >= 4 is 26.6 Å². The van der Waals surface area contributed by atoms with E-state index in [1.165, 1.54) is 18.3 Å². The molecule has 45 heavy (non-hydrogen) atoms. The summed E-state index contributed by atoms with van der Waals surface area (Å²) in [6.07, 6.45) is -5.84. The highest BCUT2D eigenvalue weighted by molar-refractivity contribution is 7.92. The van der Waals surface area contributed by atoms with E-state index in [4.69, 9.17) is 4.74 Å². The van der Waals surface area contributed by atoms with Gasteiger partial charge in [-0.05, 0) is 49.2 Å². The molecule has 236 valence electrons. The fourth-order valence-corrected chi connectivity index (χ4v) is 6.50. The molecule has 1 aliphatic carbocycles. The maximum Gasteiger partial charge on any atom is 0.273 e. The van der Waals surface area contributed by atoms with Crippen molar-refractivity contribution in [3.8, 4) is 11.4 Å². The minimum atomic E-state index is -4.69. The monoisotopic (exact) mass is 650 g/mol. The molecule has 1 amide bonds. The van der Waals surface area contributed by atoms with E-state index in [9.17, 15) is 39.6 Å². The topological polar surface area (TPSA) is 111 Å². The van der Waals surface area contributed by atoms with Gasteiger partial charge in [0.15, 0.2) is 6.17 Å². The number of carbonyl (C=O) groups is 1. The van der Waals surface area contributed by atoms with E-state index < -0.39 is 75.1 Å². The number of hydrogen-bond acceptors (Lipinski definition) is 7. The number of rotatable bonds is 8. The average Bonchev–Trinajstić information content (AvgIpc) is 3.88. The number of halogens is 6. The summed E-state index contributed by atoms with van der Waals surface area (Å²) in [6, 6.07) is 9.36. The predicted octanol–water partition coefficient (Wildman–Crippen LogP) is 6.31. The molecule has 4 heterocycles. The molecule has 0 radical (unpaired) electrons. The summed E-state index contributed by atoms with van der Waals surface area (Å²) in [5.41, 5.74) is -2.37. The molecular formula is C30H24F6N4O4S. The SMILES string of the molecule is O=C(NCc1cc2nc(-c3ccc([C@@H](F)C(F)F)c(C4CC4)n3)ccc2cn1)c1cc(C(F)F)c2c(c1)S(=O)(=O)[C@@H](F)COC2. The van der Waals surface area contributed by atoms with Crippen molar-refractivity contribution < 1.29 is 44.3 Å². The van der Waals surface area contributed by atoms with Gasteiger partial charge in [-0.2, -0.15) is 0 Å². The van der Waals surface area contributed by atoms with Gasteiger partial charge in [-0.1, -0.05) is 6.07 Å². The van der Waals surface area contributed by atoms with Crippen LogP contribution in [-0.4, -0.2) is 47.8 Å². The number of amides is 1. The lowest BCUT2D eigenvalue weighted by Crippen LogP contribution is -2.25. The molecule has 15 heteroatoms. The van der Waals surface area contributed by atoms with Crippen LogP contribution in [0.3, 0.4) is 0 Å². The van der Waals surface area contributed by atoms with Crippen molar-refractivity contribution in [2.75, 3.05) is 6.61 Å². The van der Waals surface area contributed by atoms with E-state index in [1.807, 2.05) is 0 Å². The number of nitrogens with one attached hydrogen (secondary N) is 1. The highest BCUT2D eigenvalue weighted by Gasteiger charge is 2.36. The summed E-state index contributed by atoms with van der Waals surface area (Å²) < 4.78 is 113. The van der Waals surface area contributed by atoms with E-state index in [0.29, 0.717) is 28.0 Å². The zero-order chi connectivity index (χ0) is 32.0. The molecule has 1 aromatic carbocycles. The Morgan fingerprint density at radius 1 is 0.978 bits per heavy atom. The van der Waals surface area contributed by atoms with Crippen LogP contribution in [-0.2, 0) is 27.7 Å². The van der Waals surface area contributed by atoms with Crippen LogP contribution in [0.5, 0.6) is 0 Å². The molecule has 0 spiro atoms. The van der Waals surface area contributed by atoms with Crippen molar-refractivity contribution in [2.45, 2.75) is 61.3 Å². The van der Waals surface area contributed by atoms with Gasteiger partial charge in [-0.25, -0.2) is 39.7 Å². The third-order valence-corrected chi connectivity index (χ3v) is 9.43. The van der Waals surface area contributed by atoms with E-state index in [2.05, 4.69) is 20.3 Å². The fourth-order valence-electron chi connectivity index (χ4n) is 5.13. The molecule has 4 aromatic rings. The van der Waals surface area contributed by atoms with Crippen LogP contribution >= 0.6 is 0 Å². The Bertz CT molecular complexity index is 1910. The summed E-state index contributed by atoms with van der Waals surface area (Å²) in [5.74, 6) is -0.995. The third kappa shape index (κ3) is 6.10. The van der Waals surface area contributed by atoms with Gasteiger partial charge in [0.1, 0.15) is 0 Å². The maximum atomic E-state index is 14.3. The van der Waals surface area contributed by atoms with Crippen LogP contribution in [0.4, 0.5) is 26.3 Å². The Hall–Kier alpha value is -4.11. The predicted molar refractivity (Wildman–Crippen MR) is 149 cm³/mol. The van der Waals surface area contributed by atoms with Crippen molar-refractivity contribution in [3.63, 3.8) is 0 Å². The number of ether oxygens (including phenoxy) is 1. The summed E-state index contributed by atoms with van der Waals surface area (Å²) in [7, 11) is -4.69. The van der Waals surface area contributed by atoms with E-state index in [0.717, 1.165) is 25.0 Å². The lowest BCUT2D eigenvalue weighted by atomic mass is 10.0. The van der Waals surface area contributed by atoms with Gasteiger partial charge in [0, 0.05) is 39.8 Å². The first-order valence-corrected chi connectivity index (χ1v) is 15.4. The highest BCUT2D eigenvalue weighted by Crippen LogP contribution is 2.44. The lowest BCUT2D eigenvalue weighted by molar-refractivity contribution is 0.0488. The molecule has 8 nitrogen and oxygen atoms in total. The second kappa shape index (κ2) is 12.0. The van der Waals surface area contributed by atoms with Gasteiger partial charge in [0.2, 0.25) is 15.3 Å². The molecule has 0 saturated heterocycles. The number of fused-ring (bicyclic) bond motifs is 2. The Balaban J connectivity index is 1.25. The number of aromatic nitrogens is 3. The van der Waals surface area contributed by atoms with Crippen LogP contribution < -0.4 is 5.32 Å². The molecule has 1 saturated carbocycles. The number of pyridine rings is 3. The van der Waals surface area contributed by atoms with Crippen LogP contribution in [0.2, 0.25) is 0 Å². The van der Waals surface area contributed by atoms with Crippen molar-refractivity contribution in [3.05, 3.63) is 82.3 Å². The first-order valence-electron chi connectivity index (χ1n) is 13.8. The normalized spacial score (nSPS) is 18.5. The van der Waals surface area contributed by atoms with Gasteiger partial charge in [0.05, 0.1) is 52.9 Å². The first kappa shape index (κ1) is 30.9. The second-order valence-corrected chi connectivity index (χ2v) is 12.8. The fraction of sp³-hybridized carbons (Fsp3) is 0.333. The summed E-state index contributed by atoms with van der Waals surface area (Å²) >= 11 is 0. The quantitative estimate of drug-likeness (QED) is 0.223. The van der Waals surface area contributed by atoms with Gasteiger partial charge < -0.3 is 10.1 Å². The molecule has 1 N–H and O–H groups in total. The zero-order valence-corrected chi connectivity index (χ0v) is 24.0. The largest absolute Gasteiger partial charge is 0.373 e. The Morgan fingerprint density at radius 3 is 2.42 bits per heavy atom. The third-order valence-electron chi connectivity index (χ3n) is 7.64. The number of hydrogen-bond donors (Lipinski definition) is 1. The lowest BCUT2D eigenvalue weighted by Gasteiger charge is -2.15. The average molecular weight is 651 g/mol. The van der Waals surface area contributed by atoms with Crippen LogP contribution in [0.15, 0.2) is 53.6 Å². The van der Waals surface area contributed by atoms with Gasteiger partial charge >= 0.3 is 0 Å². The van der Waals surface area contributed by atoms with Crippen LogP contribution in [0.25, 0.3) is 22.3 Å². The second-order valence-electron chi connectivity index (χ2n) is 10.7. The van der Waals surface area contributed by atoms with E-state index in [-0.39, 0.29) is 23.7 Å². The number of sulfone groups is 1. The van der Waals surface area contributed by atoms with Crippen LogP contribution in [0.1, 0.15) is 69.8 Å². The summed E-state index contributed by atoms with van der Waals surface area (Å²) in [6.45, 7) is -1.59. The Kier molecular flexibility index (Phi) is 8.24. The number of alkyl halides is 6. The zero-order valence-electron chi connectivity index (χ0n) is 23.2. The first-order chi connectivity index (χ1) is 21.4. The standard InChI is InChI=1S/C30H24F6N4O4S/c31-25-13-44-12-20-19(28(33)34)7-16(8-24(20)45(25,42)43)30(41)38-11-17-9-23-15(10-37-17)3-5-21(39-23)22-6-4-18(26(32)29(35)36)27(40-22)14-1-2-14/h3-10,14,25-26,28-29H,1-2,11-13H2,(H,38,41)/t25-,26-/m1/s1. The van der Waals surface area contributed by atoms with Gasteiger partial charge in [-0.3, -0.25) is 14.8 Å². The summed E-state index contributed by atoms with van der Waals surface area (Å²) in [4.78, 5) is 25.6. The van der Waals surface area contributed by atoms with E-state index in [1.54, 1.807) is 18.2 Å². The Labute approximate surface area is 252 Å². The van der Waals surface area contributed by atoms with Gasteiger partial charge in [-0.15, -0.1) is 0 Å². The van der Waals surface area contributed by atoms with E-state index >= 15 is 0 Å². The molecule has 1 aliphatic heterocycles. The molecule has 0 bridgehead atoms. The molecule has 0 unspecified atom stereocenters.